The Morgan fingerprint density at radius 3 is 2.33 bits per heavy atom. The van der Waals surface area contributed by atoms with Crippen LogP contribution in [0.5, 0.6) is 0 Å². The van der Waals surface area contributed by atoms with Crippen molar-refractivity contribution in [3.05, 3.63) is 95.0 Å². The average molecular weight is 459 g/mol. The van der Waals surface area contributed by atoms with Crippen molar-refractivity contribution in [1.29, 1.82) is 0 Å². The van der Waals surface area contributed by atoms with Gasteiger partial charge in [0.15, 0.2) is 0 Å². The van der Waals surface area contributed by atoms with Crippen LogP contribution in [0, 0.1) is 0 Å². The van der Waals surface area contributed by atoms with Crippen molar-refractivity contribution in [2.75, 3.05) is 31.6 Å². The number of rotatable bonds is 7. The molecular formula is C28H31ClN4. The summed E-state index contributed by atoms with van der Waals surface area (Å²) in [7, 11) is 2.21. The Bertz CT molecular complexity index is 1180. The normalized spacial score (nSPS) is 15.2. The van der Waals surface area contributed by atoms with Gasteiger partial charge in [0.05, 0.1) is 17.6 Å². The molecule has 0 spiro atoms. The third kappa shape index (κ3) is 5.07. The maximum Gasteiger partial charge on any atom is 0.206 e. The summed E-state index contributed by atoms with van der Waals surface area (Å²) in [6.45, 7) is 4.20. The fraction of sp³-hybridized carbons (Fsp3) is 0.321. The van der Waals surface area contributed by atoms with Gasteiger partial charge in [-0.15, -0.1) is 0 Å². The maximum atomic E-state index is 6.11. The Morgan fingerprint density at radius 2 is 1.58 bits per heavy atom. The Kier molecular flexibility index (Phi) is 6.65. The number of imidazole rings is 1. The molecule has 33 heavy (non-hydrogen) atoms. The molecule has 5 heteroatoms. The topological polar surface area (TPSA) is 24.3 Å². The van der Waals surface area contributed by atoms with E-state index in [2.05, 4.69) is 88.1 Å². The lowest BCUT2D eigenvalue weighted by Crippen LogP contribution is -2.44. The van der Waals surface area contributed by atoms with E-state index >= 15 is 0 Å². The first kappa shape index (κ1) is 22.0. The van der Waals surface area contributed by atoms with Crippen LogP contribution in [-0.4, -0.2) is 47.2 Å². The van der Waals surface area contributed by atoms with Crippen molar-refractivity contribution in [3.63, 3.8) is 0 Å². The second-order valence-electron chi connectivity index (χ2n) is 9.03. The molecule has 3 aromatic carbocycles. The van der Waals surface area contributed by atoms with E-state index < -0.39 is 0 Å². The molecule has 0 unspecified atom stereocenters. The van der Waals surface area contributed by atoms with E-state index in [4.69, 9.17) is 16.6 Å². The van der Waals surface area contributed by atoms with Crippen LogP contribution in [0.1, 0.15) is 24.0 Å². The van der Waals surface area contributed by atoms with Crippen molar-refractivity contribution < 1.29 is 0 Å². The average Bonchev–Trinajstić information content (AvgIpc) is 3.23. The monoisotopic (exact) mass is 458 g/mol. The van der Waals surface area contributed by atoms with Crippen LogP contribution in [0.15, 0.2) is 78.9 Å². The van der Waals surface area contributed by atoms with Crippen molar-refractivity contribution >= 4 is 28.6 Å². The summed E-state index contributed by atoms with van der Waals surface area (Å²) in [4.78, 5) is 10.1. The predicted molar refractivity (Wildman–Crippen MR) is 138 cm³/mol. The second-order valence-corrected chi connectivity index (χ2v) is 9.47. The molecule has 0 amide bonds. The lowest BCUT2D eigenvalue weighted by Gasteiger charge is -2.37. The predicted octanol–water partition coefficient (Wildman–Crippen LogP) is 5.88. The van der Waals surface area contributed by atoms with E-state index in [1.807, 2.05) is 12.1 Å². The first-order valence-corrected chi connectivity index (χ1v) is 12.2. The molecule has 1 saturated heterocycles. The van der Waals surface area contributed by atoms with Crippen molar-refractivity contribution in [2.24, 2.45) is 0 Å². The Balaban J connectivity index is 1.29. The van der Waals surface area contributed by atoms with E-state index in [1.54, 1.807) is 0 Å². The summed E-state index contributed by atoms with van der Waals surface area (Å²) in [6, 6.07) is 27.9. The molecule has 5 rings (SSSR count). The summed E-state index contributed by atoms with van der Waals surface area (Å²) in [5, 5.41) is 0.769. The highest BCUT2D eigenvalue weighted by atomic mass is 35.5. The number of para-hydroxylation sites is 2. The van der Waals surface area contributed by atoms with Gasteiger partial charge in [-0.1, -0.05) is 66.2 Å². The quantitative estimate of drug-likeness (QED) is 0.345. The fourth-order valence-corrected chi connectivity index (χ4v) is 5.01. The van der Waals surface area contributed by atoms with Gasteiger partial charge in [-0.3, -0.25) is 0 Å². The molecule has 1 fully saturated rings. The van der Waals surface area contributed by atoms with E-state index in [-0.39, 0.29) is 0 Å². The Labute approximate surface area is 201 Å². The van der Waals surface area contributed by atoms with E-state index in [0.717, 1.165) is 61.9 Å². The zero-order valence-corrected chi connectivity index (χ0v) is 20.0. The van der Waals surface area contributed by atoms with Crippen LogP contribution in [-0.2, 0) is 13.0 Å². The molecular weight excluding hydrogens is 428 g/mol. The zero-order valence-electron chi connectivity index (χ0n) is 19.2. The molecule has 0 radical (unpaired) electrons. The van der Waals surface area contributed by atoms with Gasteiger partial charge in [0, 0.05) is 37.7 Å². The number of fused-ring (bicyclic) bond motifs is 1. The van der Waals surface area contributed by atoms with Crippen LogP contribution < -0.4 is 4.90 Å². The molecule has 170 valence electrons. The van der Waals surface area contributed by atoms with E-state index in [1.165, 1.54) is 16.6 Å². The van der Waals surface area contributed by atoms with Gasteiger partial charge in [0.2, 0.25) is 5.95 Å². The van der Waals surface area contributed by atoms with Crippen LogP contribution in [0.2, 0.25) is 5.02 Å². The summed E-state index contributed by atoms with van der Waals surface area (Å²) in [6.07, 6.45) is 3.45. The largest absolute Gasteiger partial charge is 0.342 e. The van der Waals surface area contributed by atoms with Gasteiger partial charge in [-0.05, 0) is 54.7 Å². The Morgan fingerprint density at radius 1 is 0.879 bits per heavy atom. The molecule has 0 N–H and O–H groups in total. The number of likely N-dealkylation sites (tertiary alicyclic amines) is 1. The summed E-state index contributed by atoms with van der Waals surface area (Å²) in [5.41, 5.74) is 4.88. The van der Waals surface area contributed by atoms with E-state index in [9.17, 15) is 0 Å². The smallest absolute Gasteiger partial charge is 0.206 e. The number of anilines is 1. The number of aromatic nitrogens is 2. The minimum Gasteiger partial charge on any atom is -0.342 e. The number of piperidine rings is 1. The molecule has 2 heterocycles. The van der Waals surface area contributed by atoms with Gasteiger partial charge in [0.1, 0.15) is 0 Å². The number of hydrogen-bond acceptors (Lipinski definition) is 3. The van der Waals surface area contributed by atoms with E-state index in [0.29, 0.717) is 6.04 Å². The molecule has 1 aromatic heterocycles. The standard InChI is InChI=1S/C28H31ClN4/c1-31(25-16-19-32(20-17-25)18-15-22-7-3-2-4-8-22)28-30-26-9-5-6-10-27(26)33(28)21-23-11-13-24(29)14-12-23/h2-14,25H,15-21H2,1H3. The lowest BCUT2D eigenvalue weighted by atomic mass is 10.0. The second kappa shape index (κ2) is 9.98. The highest BCUT2D eigenvalue weighted by Crippen LogP contribution is 2.27. The Hall–Kier alpha value is -2.82. The third-order valence-corrected chi connectivity index (χ3v) is 7.12. The summed E-state index contributed by atoms with van der Waals surface area (Å²) in [5.74, 6) is 1.05. The molecule has 1 aliphatic rings. The molecule has 4 nitrogen and oxygen atoms in total. The fourth-order valence-electron chi connectivity index (χ4n) is 4.89. The molecule has 0 aliphatic carbocycles. The van der Waals surface area contributed by atoms with Gasteiger partial charge in [-0.2, -0.15) is 0 Å². The minimum absolute atomic E-state index is 0.499. The third-order valence-electron chi connectivity index (χ3n) is 6.87. The number of benzene rings is 3. The number of halogens is 1. The first-order valence-electron chi connectivity index (χ1n) is 11.9. The van der Waals surface area contributed by atoms with Crippen molar-refractivity contribution in [1.82, 2.24) is 14.5 Å². The first-order chi connectivity index (χ1) is 16.2. The molecule has 0 bridgehead atoms. The minimum atomic E-state index is 0.499. The number of hydrogen-bond donors (Lipinski definition) is 0. The lowest BCUT2D eigenvalue weighted by molar-refractivity contribution is 0.212. The summed E-state index contributed by atoms with van der Waals surface area (Å²) < 4.78 is 2.35. The maximum absolute atomic E-state index is 6.11. The summed E-state index contributed by atoms with van der Waals surface area (Å²) >= 11 is 6.11. The van der Waals surface area contributed by atoms with Crippen molar-refractivity contribution in [3.8, 4) is 0 Å². The van der Waals surface area contributed by atoms with Gasteiger partial charge in [-0.25, -0.2) is 4.98 Å². The van der Waals surface area contributed by atoms with Crippen LogP contribution in [0.4, 0.5) is 5.95 Å². The molecule has 1 aliphatic heterocycles. The van der Waals surface area contributed by atoms with Crippen LogP contribution >= 0.6 is 11.6 Å². The van der Waals surface area contributed by atoms with Gasteiger partial charge < -0.3 is 14.4 Å². The molecule has 0 atom stereocenters. The van der Waals surface area contributed by atoms with Gasteiger partial charge >= 0.3 is 0 Å². The highest BCUT2D eigenvalue weighted by molar-refractivity contribution is 6.30. The van der Waals surface area contributed by atoms with Crippen LogP contribution in [0.3, 0.4) is 0 Å². The SMILES string of the molecule is CN(c1nc2ccccc2n1Cc1ccc(Cl)cc1)C1CCN(CCc2ccccc2)CC1. The van der Waals surface area contributed by atoms with Crippen LogP contribution in [0.25, 0.3) is 11.0 Å². The molecule has 0 saturated carbocycles. The van der Waals surface area contributed by atoms with Gasteiger partial charge in [0.25, 0.3) is 0 Å². The number of nitrogens with zero attached hydrogens (tertiary/aromatic N) is 4. The zero-order chi connectivity index (χ0) is 22.6. The molecule has 4 aromatic rings. The van der Waals surface area contributed by atoms with Crippen molar-refractivity contribution in [2.45, 2.75) is 31.8 Å². The highest BCUT2D eigenvalue weighted by Gasteiger charge is 2.26.